The second-order valence-corrected chi connectivity index (χ2v) is 5.29. The largest absolute Gasteiger partial charge is 0.368 e. The van der Waals surface area contributed by atoms with Crippen LogP contribution in [-0.4, -0.2) is 15.6 Å². The molecule has 0 bridgehead atoms. The SMILES string of the molecule is CCc1ccc2nc(COC(C)(C)C)[nH]c2c1. The molecular formula is C14H20N2O. The number of imidazole rings is 1. The van der Waals surface area contributed by atoms with Crippen LogP contribution in [0.3, 0.4) is 0 Å². The zero-order chi connectivity index (χ0) is 12.5. The van der Waals surface area contributed by atoms with E-state index in [1.165, 1.54) is 5.56 Å². The van der Waals surface area contributed by atoms with Gasteiger partial charge in [0.2, 0.25) is 0 Å². The van der Waals surface area contributed by atoms with Gasteiger partial charge in [0.1, 0.15) is 12.4 Å². The van der Waals surface area contributed by atoms with Crippen LogP contribution in [0.25, 0.3) is 11.0 Å². The van der Waals surface area contributed by atoms with Crippen LogP contribution < -0.4 is 0 Å². The lowest BCUT2D eigenvalue weighted by Gasteiger charge is -2.18. The third-order valence-corrected chi connectivity index (χ3v) is 2.65. The van der Waals surface area contributed by atoms with Crippen LogP contribution in [0.2, 0.25) is 0 Å². The van der Waals surface area contributed by atoms with Crippen LogP contribution in [0.4, 0.5) is 0 Å². The van der Waals surface area contributed by atoms with Gasteiger partial charge in [0.15, 0.2) is 0 Å². The molecule has 1 N–H and O–H groups in total. The number of fused-ring (bicyclic) bond motifs is 1. The molecule has 92 valence electrons. The van der Waals surface area contributed by atoms with Crippen molar-refractivity contribution in [3.8, 4) is 0 Å². The summed E-state index contributed by atoms with van der Waals surface area (Å²) in [5, 5.41) is 0. The topological polar surface area (TPSA) is 37.9 Å². The monoisotopic (exact) mass is 232 g/mol. The summed E-state index contributed by atoms with van der Waals surface area (Å²) in [5.74, 6) is 0.892. The van der Waals surface area contributed by atoms with Gasteiger partial charge < -0.3 is 9.72 Å². The number of nitrogens with zero attached hydrogens (tertiary/aromatic N) is 1. The van der Waals surface area contributed by atoms with E-state index in [9.17, 15) is 0 Å². The molecule has 0 saturated heterocycles. The van der Waals surface area contributed by atoms with Gasteiger partial charge in [0, 0.05) is 0 Å². The van der Waals surface area contributed by atoms with Gasteiger partial charge in [0.25, 0.3) is 0 Å². The van der Waals surface area contributed by atoms with E-state index in [0.717, 1.165) is 23.3 Å². The Hall–Kier alpha value is -1.35. The van der Waals surface area contributed by atoms with Gasteiger partial charge in [-0.3, -0.25) is 0 Å². The average Bonchev–Trinajstić information content (AvgIpc) is 2.66. The van der Waals surface area contributed by atoms with Crippen LogP contribution in [0.15, 0.2) is 18.2 Å². The Labute approximate surface area is 102 Å². The Kier molecular flexibility index (Phi) is 3.20. The second-order valence-electron chi connectivity index (χ2n) is 5.29. The van der Waals surface area contributed by atoms with E-state index in [0.29, 0.717) is 6.61 Å². The van der Waals surface area contributed by atoms with Crippen molar-refractivity contribution in [2.24, 2.45) is 0 Å². The van der Waals surface area contributed by atoms with Crippen molar-refractivity contribution in [1.29, 1.82) is 0 Å². The maximum absolute atomic E-state index is 5.71. The van der Waals surface area contributed by atoms with Crippen molar-refractivity contribution in [2.45, 2.75) is 46.3 Å². The number of H-pyrrole nitrogens is 1. The molecule has 0 radical (unpaired) electrons. The summed E-state index contributed by atoms with van der Waals surface area (Å²) in [6.45, 7) is 8.82. The lowest BCUT2D eigenvalue weighted by atomic mass is 10.1. The van der Waals surface area contributed by atoms with Crippen molar-refractivity contribution in [1.82, 2.24) is 9.97 Å². The highest BCUT2D eigenvalue weighted by molar-refractivity contribution is 5.75. The Morgan fingerprint density at radius 3 is 2.71 bits per heavy atom. The van der Waals surface area contributed by atoms with E-state index in [1.807, 2.05) is 20.8 Å². The third-order valence-electron chi connectivity index (χ3n) is 2.65. The molecule has 0 fully saturated rings. The van der Waals surface area contributed by atoms with E-state index in [1.54, 1.807) is 0 Å². The number of ether oxygens (including phenoxy) is 1. The molecule has 2 rings (SSSR count). The standard InChI is InChI=1S/C14H20N2O/c1-5-10-6-7-11-12(8-10)16-13(15-11)9-17-14(2,3)4/h6-8H,5,9H2,1-4H3,(H,15,16). The van der Waals surface area contributed by atoms with Gasteiger partial charge in [-0.2, -0.15) is 0 Å². The second kappa shape index (κ2) is 4.49. The summed E-state index contributed by atoms with van der Waals surface area (Å²) < 4.78 is 5.71. The molecule has 1 heterocycles. The smallest absolute Gasteiger partial charge is 0.133 e. The zero-order valence-corrected chi connectivity index (χ0v) is 11.0. The number of rotatable bonds is 3. The van der Waals surface area contributed by atoms with Crippen molar-refractivity contribution >= 4 is 11.0 Å². The molecule has 0 unspecified atom stereocenters. The Morgan fingerprint density at radius 1 is 1.29 bits per heavy atom. The molecular weight excluding hydrogens is 212 g/mol. The molecule has 2 aromatic rings. The molecule has 0 aliphatic rings. The number of aromatic amines is 1. The fourth-order valence-corrected chi connectivity index (χ4v) is 1.68. The molecule has 3 nitrogen and oxygen atoms in total. The zero-order valence-electron chi connectivity index (χ0n) is 11.0. The summed E-state index contributed by atoms with van der Waals surface area (Å²) in [5.41, 5.74) is 3.30. The van der Waals surface area contributed by atoms with Gasteiger partial charge in [-0.25, -0.2) is 4.98 Å². The average molecular weight is 232 g/mol. The highest BCUT2D eigenvalue weighted by Gasteiger charge is 2.11. The summed E-state index contributed by atoms with van der Waals surface area (Å²) in [6, 6.07) is 6.34. The number of aryl methyl sites for hydroxylation is 1. The third kappa shape index (κ3) is 3.07. The number of hydrogen-bond donors (Lipinski definition) is 1. The molecule has 0 saturated carbocycles. The van der Waals surface area contributed by atoms with E-state index in [2.05, 4.69) is 35.1 Å². The first kappa shape index (κ1) is 12.1. The molecule has 0 amide bonds. The molecule has 17 heavy (non-hydrogen) atoms. The van der Waals surface area contributed by atoms with Crippen LogP contribution in [-0.2, 0) is 17.8 Å². The van der Waals surface area contributed by atoms with Gasteiger partial charge >= 0.3 is 0 Å². The predicted molar refractivity (Wildman–Crippen MR) is 70.0 cm³/mol. The van der Waals surface area contributed by atoms with Gasteiger partial charge in [-0.1, -0.05) is 13.0 Å². The lowest BCUT2D eigenvalue weighted by molar-refractivity contribution is -0.0177. The first-order valence-electron chi connectivity index (χ1n) is 6.09. The number of hydrogen-bond acceptors (Lipinski definition) is 2. The maximum atomic E-state index is 5.71. The van der Waals surface area contributed by atoms with Crippen LogP contribution in [0.1, 0.15) is 39.1 Å². The van der Waals surface area contributed by atoms with Gasteiger partial charge in [0.05, 0.1) is 16.6 Å². The summed E-state index contributed by atoms with van der Waals surface area (Å²) in [4.78, 5) is 7.82. The molecule has 0 spiro atoms. The predicted octanol–water partition coefficient (Wildman–Crippen LogP) is 3.44. The maximum Gasteiger partial charge on any atom is 0.133 e. The summed E-state index contributed by atoms with van der Waals surface area (Å²) in [6.07, 6.45) is 1.04. The van der Waals surface area contributed by atoms with E-state index >= 15 is 0 Å². The number of nitrogens with one attached hydrogen (secondary N) is 1. The van der Waals surface area contributed by atoms with Gasteiger partial charge in [-0.15, -0.1) is 0 Å². The van der Waals surface area contributed by atoms with Crippen LogP contribution in [0.5, 0.6) is 0 Å². The fourth-order valence-electron chi connectivity index (χ4n) is 1.68. The molecule has 3 heteroatoms. The van der Waals surface area contributed by atoms with E-state index in [4.69, 9.17) is 4.74 Å². The fraction of sp³-hybridized carbons (Fsp3) is 0.500. The number of benzene rings is 1. The van der Waals surface area contributed by atoms with Crippen molar-refractivity contribution in [3.05, 3.63) is 29.6 Å². The number of aromatic nitrogens is 2. The first-order chi connectivity index (χ1) is 7.98. The minimum Gasteiger partial charge on any atom is -0.368 e. The molecule has 1 aromatic carbocycles. The van der Waals surface area contributed by atoms with Crippen LogP contribution >= 0.6 is 0 Å². The quantitative estimate of drug-likeness (QED) is 0.880. The summed E-state index contributed by atoms with van der Waals surface area (Å²) >= 11 is 0. The minimum absolute atomic E-state index is 0.131. The Bertz CT molecular complexity index is 508. The van der Waals surface area contributed by atoms with Gasteiger partial charge in [-0.05, 0) is 44.9 Å². The van der Waals surface area contributed by atoms with E-state index < -0.39 is 0 Å². The molecule has 1 aromatic heterocycles. The summed E-state index contributed by atoms with van der Waals surface area (Å²) in [7, 11) is 0. The molecule has 0 aliphatic heterocycles. The highest BCUT2D eigenvalue weighted by atomic mass is 16.5. The van der Waals surface area contributed by atoms with Crippen molar-refractivity contribution in [2.75, 3.05) is 0 Å². The molecule has 0 aliphatic carbocycles. The van der Waals surface area contributed by atoms with Crippen molar-refractivity contribution in [3.63, 3.8) is 0 Å². The van der Waals surface area contributed by atoms with Crippen molar-refractivity contribution < 1.29 is 4.74 Å². The first-order valence-corrected chi connectivity index (χ1v) is 6.09. The van der Waals surface area contributed by atoms with Crippen LogP contribution in [0, 0.1) is 0 Å². The highest BCUT2D eigenvalue weighted by Crippen LogP contribution is 2.16. The lowest BCUT2D eigenvalue weighted by Crippen LogP contribution is -2.19. The van der Waals surface area contributed by atoms with E-state index in [-0.39, 0.29) is 5.60 Å². The Balaban J connectivity index is 2.20. The molecule has 0 atom stereocenters. The minimum atomic E-state index is -0.131. The Morgan fingerprint density at radius 2 is 2.06 bits per heavy atom. The normalized spacial score (nSPS) is 12.2.